The van der Waals surface area contributed by atoms with Gasteiger partial charge in [0.15, 0.2) is 0 Å². The van der Waals surface area contributed by atoms with Crippen molar-refractivity contribution in [3.05, 3.63) is 33.1 Å². The lowest BCUT2D eigenvalue weighted by atomic mass is 10.2. The van der Waals surface area contributed by atoms with Crippen LogP contribution in [0.15, 0.2) is 22.6 Å². The summed E-state index contributed by atoms with van der Waals surface area (Å²) >= 11 is 8.13. The molecule has 1 aromatic carbocycles. The van der Waals surface area contributed by atoms with E-state index in [2.05, 4.69) is 47.8 Å². The third-order valence-corrected chi connectivity index (χ3v) is 4.17. The zero-order valence-corrected chi connectivity index (χ0v) is 13.6. The van der Waals surface area contributed by atoms with Crippen LogP contribution in [0.25, 0.3) is 11.0 Å². The molecule has 2 aromatic rings. The van der Waals surface area contributed by atoms with Gasteiger partial charge in [-0.05, 0) is 59.4 Å². The van der Waals surface area contributed by atoms with Gasteiger partial charge in [-0.15, -0.1) is 11.6 Å². The summed E-state index contributed by atoms with van der Waals surface area (Å²) in [6.45, 7) is 4.79. The van der Waals surface area contributed by atoms with Crippen LogP contribution in [0.5, 0.6) is 0 Å². The summed E-state index contributed by atoms with van der Waals surface area (Å²) in [6.07, 6.45) is 0. The second kappa shape index (κ2) is 5.73. The third kappa shape index (κ3) is 3.24. The van der Waals surface area contributed by atoms with Gasteiger partial charge >= 0.3 is 0 Å². The highest BCUT2D eigenvalue weighted by Gasteiger charge is 2.09. The molecule has 1 aromatic heterocycles. The van der Waals surface area contributed by atoms with E-state index >= 15 is 0 Å². The number of fused-ring (bicyclic) bond motifs is 1. The molecule has 0 aliphatic rings. The van der Waals surface area contributed by atoms with Crippen molar-refractivity contribution in [1.29, 1.82) is 0 Å². The van der Waals surface area contributed by atoms with E-state index in [0.29, 0.717) is 12.5 Å². The minimum absolute atomic E-state index is 0.528. The Morgan fingerprint density at radius 2 is 2.12 bits per heavy atom. The van der Waals surface area contributed by atoms with Gasteiger partial charge in [0, 0.05) is 11.3 Å². The van der Waals surface area contributed by atoms with Gasteiger partial charge in [-0.1, -0.05) is 0 Å². The van der Waals surface area contributed by atoms with Crippen LogP contribution in [0.1, 0.15) is 11.3 Å². The number of rotatable bonds is 4. The first-order valence-electron chi connectivity index (χ1n) is 5.30. The van der Waals surface area contributed by atoms with Crippen LogP contribution in [0, 0.1) is 3.57 Å². The Morgan fingerprint density at radius 1 is 1.35 bits per heavy atom. The topological polar surface area (TPSA) is 22.4 Å². The average molecular weight is 380 g/mol. The molecule has 2 rings (SSSR count). The number of hydrogen-bond donors (Lipinski definition) is 0. The van der Waals surface area contributed by atoms with Crippen molar-refractivity contribution in [1.82, 2.24) is 0 Å². The maximum atomic E-state index is 5.85. The summed E-state index contributed by atoms with van der Waals surface area (Å²) in [5.74, 6) is 1.41. The van der Waals surface area contributed by atoms with E-state index in [1.165, 1.54) is 0 Å². The lowest BCUT2D eigenvalue weighted by molar-refractivity contribution is 0.280. The minimum Gasteiger partial charge on any atom is -0.458 e. The first-order chi connectivity index (χ1) is 8.10. The van der Waals surface area contributed by atoms with Crippen LogP contribution < -0.4 is 0 Å². The molecule has 0 saturated carbocycles. The van der Waals surface area contributed by atoms with E-state index in [4.69, 9.17) is 20.4 Å². The van der Waals surface area contributed by atoms with E-state index in [0.717, 1.165) is 25.9 Å². The quantitative estimate of drug-likeness (QED) is 0.442. The fraction of sp³-hybridized carbons (Fsp3) is 0.333. The van der Waals surface area contributed by atoms with Gasteiger partial charge < -0.3 is 8.84 Å². The highest BCUT2D eigenvalue weighted by Crippen LogP contribution is 2.27. The van der Waals surface area contributed by atoms with Gasteiger partial charge in [-0.2, -0.15) is 0 Å². The van der Waals surface area contributed by atoms with Crippen molar-refractivity contribution in [2.45, 2.75) is 25.6 Å². The Bertz CT molecular complexity index is 524. The normalized spacial score (nSPS) is 11.6. The number of halogens is 2. The fourth-order valence-electron chi connectivity index (χ4n) is 1.59. The van der Waals surface area contributed by atoms with E-state index in [9.17, 15) is 0 Å². The van der Waals surface area contributed by atoms with Gasteiger partial charge in [0.05, 0.1) is 10.2 Å². The Hall–Kier alpha value is -0.0431. The molecular formula is C12H13ClIO2Si. The van der Waals surface area contributed by atoms with Crippen LogP contribution >= 0.6 is 34.2 Å². The first-order valence-corrected chi connectivity index (χ1v) is 9.32. The number of alkyl halides is 1. The molecule has 0 fully saturated rings. The molecule has 0 amide bonds. The molecule has 0 saturated heterocycles. The van der Waals surface area contributed by atoms with Gasteiger partial charge in [0.1, 0.15) is 11.3 Å². The second-order valence-corrected chi connectivity index (χ2v) is 7.57. The molecule has 0 unspecified atom stereocenters. The van der Waals surface area contributed by atoms with Crippen molar-refractivity contribution < 1.29 is 8.84 Å². The molecule has 91 valence electrons. The van der Waals surface area contributed by atoms with Crippen molar-refractivity contribution in [3.8, 4) is 0 Å². The highest BCUT2D eigenvalue weighted by atomic mass is 127. The van der Waals surface area contributed by atoms with Crippen molar-refractivity contribution in [2.24, 2.45) is 0 Å². The van der Waals surface area contributed by atoms with Crippen LogP contribution in [0.4, 0.5) is 0 Å². The van der Waals surface area contributed by atoms with Crippen LogP contribution in [0.2, 0.25) is 13.1 Å². The van der Waals surface area contributed by atoms with E-state index in [1.807, 2.05) is 6.07 Å². The van der Waals surface area contributed by atoms with Gasteiger partial charge in [0.25, 0.3) is 0 Å². The SMILES string of the molecule is C[Si](C)OCc1cc2cc(CCl)cc(I)c2o1. The highest BCUT2D eigenvalue weighted by molar-refractivity contribution is 14.1. The Labute approximate surface area is 121 Å². The lowest BCUT2D eigenvalue weighted by Crippen LogP contribution is -2.06. The lowest BCUT2D eigenvalue weighted by Gasteiger charge is -2.02. The maximum Gasteiger partial charge on any atom is 0.205 e. The van der Waals surface area contributed by atoms with Gasteiger partial charge in [-0.25, -0.2) is 0 Å². The Kier molecular flexibility index (Phi) is 4.51. The molecule has 0 atom stereocenters. The number of benzene rings is 1. The smallest absolute Gasteiger partial charge is 0.205 e. The fourth-order valence-corrected chi connectivity index (χ4v) is 2.99. The molecule has 1 heterocycles. The van der Waals surface area contributed by atoms with Crippen molar-refractivity contribution in [3.63, 3.8) is 0 Å². The largest absolute Gasteiger partial charge is 0.458 e. The molecule has 0 spiro atoms. The summed E-state index contributed by atoms with van der Waals surface area (Å²) in [5, 5.41) is 1.10. The zero-order valence-electron chi connectivity index (χ0n) is 9.72. The minimum atomic E-state index is -0.675. The van der Waals surface area contributed by atoms with Crippen molar-refractivity contribution in [2.75, 3.05) is 0 Å². The Balaban J connectivity index is 2.33. The maximum absolute atomic E-state index is 5.85. The van der Waals surface area contributed by atoms with E-state index < -0.39 is 9.04 Å². The first kappa shape index (κ1) is 13.4. The second-order valence-electron chi connectivity index (χ2n) is 4.04. The van der Waals surface area contributed by atoms with Crippen LogP contribution in [0.3, 0.4) is 0 Å². The van der Waals surface area contributed by atoms with E-state index in [1.54, 1.807) is 0 Å². The molecule has 1 radical (unpaired) electrons. The molecule has 17 heavy (non-hydrogen) atoms. The molecule has 0 aliphatic heterocycles. The summed E-state index contributed by atoms with van der Waals surface area (Å²) in [7, 11) is -0.675. The summed E-state index contributed by atoms with van der Waals surface area (Å²) < 4.78 is 12.5. The third-order valence-electron chi connectivity index (χ3n) is 2.34. The summed E-state index contributed by atoms with van der Waals surface area (Å²) in [6, 6.07) is 6.17. The van der Waals surface area contributed by atoms with Crippen LogP contribution in [-0.4, -0.2) is 9.04 Å². The van der Waals surface area contributed by atoms with Crippen LogP contribution in [-0.2, 0) is 16.9 Å². The number of furan rings is 1. The molecule has 0 aliphatic carbocycles. The zero-order chi connectivity index (χ0) is 12.4. The van der Waals surface area contributed by atoms with E-state index in [-0.39, 0.29) is 0 Å². The number of hydrogen-bond acceptors (Lipinski definition) is 2. The Morgan fingerprint density at radius 3 is 2.76 bits per heavy atom. The predicted octanol–water partition coefficient (Wildman–Crippen LogP) is 4.54. The molecule has 2 nitrogen and oxygen atoms in total. The predicted molar refractivity (Wildman–Crippen MR) is 80.8 cm³/mol. The monoisotopic (exact) mass is 379 g/mol. The summed E-state index contributed by atoms with van der Waals surface area (Å²) in [5.41, 5.74) is 2.05. The standard InChI is InChI=1S/C12H13ClIO2Si/c1-17(2)15-7-10-5-9-3-8(6-13)4-11(14)12(9)16-10/h3-5H,6-7H2,1-2H3. The van der Waals surface area contributed by atoms with Gasteiger partial charge in [-0.3, -0.25) is 0 Å². The molecule has 0 bridgehead atoms. The average Bonchev–Trinajstić information content (AvgIpc) is 2.69. The van der Waals surface area contributed by atoms with Gasteiger partial charge in [0.2, 0.25) is 9.04 Å². The van der Waals surface area contributed by atoms with Crippen molar-refractivity contribution >= 4 is 54.2 Å². The summed E-state index contributed by atoms with van der Waals surface area (Å²) in [4.78, 5) is 0. The molecule has 0 N–H and O–H groups in total. The molecule has 5 heteroatoms. The molecular weight excluding hydrogens is 367 g/mol.